The van der Waals surface area contributed by atoms with Crippen molar-refractivity contribution in [1.82, 2.24) is 9.80 Å². The Morgan fingerprint density at radius 3 is 2.20 bits per heavy atom. The van der Waals surface area contributed by atoms with Crippen LogP contribution in [0.1, 0.15) is 37.3 Å². The van der Waals surface area contributed by atoms with Crippen LogP contribution in [0.4, 0.5) is 0 Å². The molecule has 1 fully saturated rings. The van der Waals surface area contributed by atoms with Gasteiger partial charge in [0.2, 0.25) is 0 Å². The Hall–Kier alpha value is -1.37. The molecule has 1 aliphatic rings. The van der Waals surface area contributed by atoms with Crippen LogP contribution in [0.25, 0.3) is 0 Å². The zero-order valence-electron chi connectivity index (χ0n) is 12.7. The zero-order chi connectivity index (χ0) is 14.4. The molecule has 3 heteroatoms. The Bertz CT molecular complexity index is 436. The van der Waals surface area contributed by atoms with Crippen LogP contribution in [0.5, 0.6) is 0 Å². The predicted molar refractivity (Wildman–Crippen MR) is 82.5 cm³/mol. The Kier molecular flexibility index (Phi) is 5.58. The van der Waals surface area contributed by atoms with Gasteiger partial charge in [0.05, 0.1) is 6.07 Å². The van der Waals surface area contributed by atoms with E-state index in [2.05, 4.69) is 54.0 Å². The van der Waals surface area contributed by atoms with Crippen molar-refractivity contribution in [3.63, 3.8) is 0 Å². The topological polar surface area (TPSA) is 30.3 Å². The van der Waals surface area contributed by atoms with E-state index >= 15 is 0 Å². The minimum Gasteiger partial charge on any atom is -0.300 e. The van der Waals surface area contributed by atoms with E-state index in [-0.39, 0.29) is 0 Å². The fourth-order valence-electron chi connectivity index (χ4n) is 2.65. The van der Waals surface area contributed by atoms with Crippen molar-refractivity contribution >= 4 is 0 Å². The summed E-state index contributed by atoms with van der Waals surface area (Å²) < 4.78 is 0. The molecule has 0 saturated carbocycles. The molecule has 1 heterocycles. The summed E-state index contributed by atoms with van der Waals surface area (Å²) in [7, 11) is 0. The molecule has 1 aromatic carbocycles. The van der Waals surface area contributed by atoms with Crippen LogP contribution in [-0.2, 0) is 6.54 Å². The standard InChI is InChI=1S/C17H25N3/c1-15(2)17-6-4-16(5-7-17)14-20-12-10-19(11-13-20)9-3-8-18/h4-7,15H,3,9-14H2,1-2H3. The molecular weight excluding hydrogens is 246 g/mol. The summed E-state index contributed by atoms with van der Waals surface area (Å²) in [6, 6.07) is 11.3. The average molecular weight is 271 g/mol. The normalized spacial score (nSPS) is 17.3. The summed E-state index contributed by atoms with van der Waals surface area (Å²) in [5, 5.41) is 8.62. The summed E-state index contributed by atoms with van der Waals surface area (Å²) >= 11 is 0. The fraction of sp³-hybridized carbons (Fsp3) is 0.588. The van der Waals surface area contributed by atoms with Gasteiger partial charge in [-0.15, -0.1) is 0 Å². The maximum atomic E-state index is 8.62. The molecule has 0 atom stereocenters. The van der Waals surface area contributed by atoms with Gasteiger partial charge in [-0.3, -0.25) is 9.80 Å². The van der Waals surface area contributed by atoms with Crippen molar-refractivity contribution in [2.45, 2.75) is 32.7 Å². The molecule has 1 aliphatic heterocycles. The molecule has 1 saturated heterocycles. The first-order valence-corrected chi connectivity index (χ1v) is 7.59. The summed E-state index contributed by atoms with van der Waals surface area (Å²) in [6.07, 6.45) is 0.649. The van der Waals surface area contributed by atoms with Gasteiger partial charge in [0.15, 0.2) is 0 Å². The lowest BCUT2D eigenvalue weighted by Gasteiger charge is -2.34. The predicted octanol–water partition coefficient (Wildman–Crippen LogP) is 2.84. The molecule has 20 heavy (non-hydrogen) atoms. The summed E-state index contributed by atoms with van der Waals surface area (Å²) in [5.41, 5.74) is 2.81. The second kappa shape index (κ2) is 7.42. The van der Waals surface area contributed by atoms with Crippen LogP contribution in [0.2, 0.25) is 0 Å². The van der Waals surface area contributed by atoms with Gasteiger partial charge in [-0.05, 0) is 17.0 Å². The van der Waals surface area contributed by atoms with Gasteiger partial charge in [-0.1, -0.05) is 38.1 Å². The summed E-state index contributed by atoms with van der Waals surface area (Å²) in [4.78, 5) is 4.90. The molecule has 0 N–H and O–H groups in total. The Morgan fingerprint density at radius 2 is 1.65 bits per heavy atom. The Labute approximate surface area is 122 Å². The van der Waals surface area contributed by atoms with Crippen molar-refractivity contribution in [3.05, 3.63) is 35.4 Å². The fourth-order valence-corrected chi connectivity index (χ4v) is 2.65. The lowest BCUT2D eigenvalue weighted by Crippen LogP contribution is -2.46. The third kappa shape index (κ3) is 4.33. The van der Waals surface area contributed by atoms with Gasteiger partial charge < -0.3 is 0 Å². The largest absolute Gasteiger partial charge is 0.300 e. The maximum Gasteiger partial charge on any atom is 0.0635 e. The van der Waals surface area contributed by atoms with E-state index in [4.69, 9.17) is 5.26 Å². The second-order valence-electron chi connectivity index (χ2n) is 5.92. The van der Waals surface area contributed by atoms with Crippen LogP contribution in [0, 0.1) is 11.3 Å². The first-order chi connectivity index (χ1) is 9.69. The van der Waals surface area contributed by atoms with Crippen molar-refractivity contribution in [3.8, 4) is 6.07 Å². The van der Waals surface area contributed by atoms with Crippen molar-refractivity contribution in [1.29, 1.82) is 5.26 Å². The van der Waals surface area contributed by atoms with Crippen molar-refractivity contribution in [2.24, 2.45) is 0 Å². The number of rotatable bonds is 5. The number of nitriles is 1. The van der Waals surface area contributed by atoms with Crippen LogP contribution < -0.4 is 0 Å². The number of piperazine rings is 1. The lowest BCUT2D eigenvalue weighted by atomic mass is 10.0. The SMILES string of the molecule is CC(C)c1ccc(CN2CCN(CCC#N)CC2)cc1. The molecule has 0 spiro atoms. The monoisotopic (exact) mass is 271 g/mol. The van der Waals surface area contributed by atoms with Crippen molar-refractivity contribution in [2.75, 3.05) is 32.7 Å². The second-order valence-corrected chi connectivity index (χ2v) is 5.92. The van der Waals surface area contributed by atoms with E-state index in [0.717, 1.165) is 39.3 Å². The third-order valence-corrected chi connectivity index (χ3v) is 4.06. The van der Waals surface area contributed by atoms with Crippen molar-refractivity contribution < 1.29 is 0 Å². The third-order valence-electron chi connectivity index (χ3n) is 4.06. The van der Waals surface area contributed by atoms with Gasteiger partial charge in [-0.25, -0.2) is 0 Å². The highest BCUT2D eigenvalue weighted by Crippen LogP contribution is 2.16. The van der Waals surface area contributed by atoms with Crippen LogP contribution in [-0.4, -0.2) is 42.5 Å². The smallest absolute Gasteiger partial charge is 0.0635 e. The Balaban J connectivity index is 1.79. The molecule has 3 nitrogen and oxygen atoms in total. The Morgan fingerprint density at radius 1 is 1.05 bits per heavy atom. The van der Waals surface area contributed by atoms with Gasteiger partial charge in [-0.2, -0.15) is 5.26 Å². The average Bonchev–Trinajstić information content (AvgIpc) is 2.47. The van der Waals surface area contributed by atoms with E-state index in [9.17, 15) is 0 Å². The van der Waals surface area contributed by atoms with E-state index in [1.165, 1.54) is 11.1 Å². The number of benzene rings is 1. The highest BCUT2D eigenvalue weighted by molar-refractivity contribution is 5.24. The number of nitrogens with zero attached hydrogens (tertiary/aromatic N) is 3. The van der Waals surface area contributed by atoms with Gasteiger partial charge >= 0.3 is 0 Å². The molecule has 108 valence electrons. The van der Waals surface area contributed by atoms with Crippen LogP contribution in [0.3, 0.4) is 0 Å². The van der Waals surface area contributed by atoms with E-state index < -0.39 is 0 Å². The molecule has 2 rings (SSSR count). The van der Waals surface area contributed by atoms with E-state index in [1.807, 2.05) is 0 Å². The van der Waals surface area contributed by atoms with Gasteiger partial charge in [0, 0.05) is 45.7 Å². The molecule has 0 radical (unpaired) electrons. The quantitative estimate of drug-likeness (QED) is 0.825. The minimum absolute atomic E-state index is 0.604. The lowest BCUT2D eigenvalue weighted by molar-refractivity contribution is 0.129. The van der Waals surface area contributed by atoms with Crippen LogP contribution in [0.15, 0.2) is 24.3 Å². The minimum atomic E-state index is 0.604. The molecule has 0 unspecified atom stereocenters. The maximum absolute atomic E-state index is 8.62. The van der Waals surface area contributed by atoms with Gasteiger partial charge in [0.1, 0.15) is 0 Å². The highest BCUT2D eigenvalue weighted by Gasteiger charge is 2.16. The number of hydrogen-bond acceptors (Lipinski definition) is 3. The number of hydrogen-bond donors (Lipinski definition) is 0. The highest BCUT2D eigenvalue weighted by atomic mass is 15.3. The summed E-state index contributed by atoms with van der Waals surface area (Å²) in [6.45, 7) is 10.8. The van der Waals surface area contributed by atoms with Crippen LogP contribution >= 0.6 is 0 Å². The zero-order valence-corrected chi connectivity index (χ0v) is 12.7. The molecular formula is C17H25N3. The molecule has 0 bridgehead atoms. The first-order valence-electron chi connectivity index (χ1n) is 7.59. The molecule has 0 amide bonds. The molecule has 1 aromatic rings. The molecule has 0 aromatic heterocycles. The summed E-state index contributed by atoms with van der Waals surface area (Å²) in [5.74, 6) is 0.604. The van der Waals surface area contributed by atoms with E-state index in [1.54, 1.807) is 0 Å². The molecule has 0 aliphatic carbocycles. The van der Waals surface area contributed by atoms with E-state index in [0.29, 0.717) is 12.3 Å². The van der Waals surface area contributed by atoms with Gasteiger partial charge in [0.25, 0.3) is 0 Å². The first kappa shape index (κ1) is 15.0.